The molecule has 6 heteroatoms. The van der Waals surface area contributed by atoms with Crippen LogP contribution in [0.3, 0.4) is 0 Å². The number of rotatable bonds is 3. The van der Waals surface area contributed by atoms with Crippen LogP contribution in [0.4, 0.5) is 0 Å². The van der Waals surface area contributed by atoms with Crippen molar-refractivity contribution in [3.63, 3.8) is 0 Å². The molecule has 80 valence electrons. The van der Waals surface area contributed by atoms with Crippen molar-refractivity contribution in [1.29, 1.82) is 0 Å². The lowest BCUT2D eigenvalue weighted by Gasteiger charge is -2.01. The second-order valence-electron chi connectivity index (χ2n) is 2.83. The summed E-state index contributed by atoms with van der Waals surface area (Å²) >= 11 is 0. The van der Waals surface area contributed by atoms with Gasteiger partial charge in [-0.25, -0.2) is 13.6 Å². The van der Waals surface area contributed by atoms with Gasteiger partial charge in [0.1, 0.15) is 0 Å². The van der Waals surface area contributed by atoms with Crippen LogP contribution in [0, 0.1) is 0 Å². The number of sulfonamides is 1. The first-order valence-electron chi connectivity index (χ1n) is 3.79. The van der Waals surface area contributed by atoms with Crippen molar-refractivity contribution < 1.29 is 8.42 Å². The molecule has 0 heterocycles. The molecular formula is C8H13ClN2O2S. The standard InChI is InChI=1S/C8H12N2O2S.ClH/c9-5-7-2-1-3-8(4-7)6-13(10,11)12;/h1-4H,5-6,9H2,(H2,10,11,12);1H. The van der Waals surface area contributed by atoms with Crippen molar-refractivity contribution in [3.8, 4) is 0 Å². The van der Waals surface area contributed by atoms with Gasteiger partial charge in [-0.2, -0.15) is 0 Å². The molecule has 0 spiro atoms. The molecule has 0 aliphatic carbocycles. The van der Waals surface area contributed by atoms with Crippen molar-refractivity contribution in [2.45, 2.75) is 12.3 Å². The SMILES string of the molecule is Cl.NCc1cccc(CS(N)(=O)=O)c1. The van der Waals surface area contributed by atoms with Crippen LogP contribution in [0.2, 0.25) is 0 Å². The zero-order chi connectivity index (χ0) is 9.90. The molecule has 1 aromatic rings. The van der Waals surface area contributed by atoms with Gasteiger partial charge in [-0.1, -0.05) is 24.3 Å². The van der Waals surface area contributed by atoms with Crippen molar-refractivity contribution in [2.75, 3.05) is 0 Å². The Hall–Kier alpha value is -0.620. The fraction of sp³-hybridized carbons (Fsp3) is 0.250. The number of primary sulfonamides is 1. The van der Waals surface area contributed by atoms with E-state index in [0.717, 1.165) is 5.56 Å². The molecule has 0 radical (unpaired) electrons. The maximum Gasteiger partial charge on any atom is 0.213 e. The second kappa shape index (κ2) is 5.31. The lowest BCUT2D eigenvalue weighted by Crippen LogP contribution is -2.14. The van der Waals surface area contributed by atoms with E-state index in [4.69, 9.17) is 10.9 Å². The van der Waals surface area contributed by atoms with E-state index in [1.165, 1.54) is 0 Å². The third kappa shape index (κ3) is 4.57. The largest absolute Gasteiger partial charge is 0.326 e. The molecule has 4 N–H and O–H groups in total. The normalized spacial score (nSPS) is 10.7. The molecule has 1 rings (SSSR count). The fourth-order valence-corrected chi connectivity index (χ4v) is 1.72. The fourth-order valence-electron chi connectivity index (χ4n) is 1.08. The minimum Gasteiger partial charge on any atom is -0.326 e. The van der Waals surface area contributed by atoms with E-state index in [9.17, 15) is 8.42 Å². The van der Waals surface area contributed by atoms with Crippen LogP contribution in [0.5, 0.6) is 0 Å². The molecule has 0 aliphatic rings. The average molecular weight is 237 g/mol. The smallest absolute Gasteiger partial charge is 0.213 e. The van der Waals surface area contributed by atoms with Crippen LogP contribution in [-0.4, -0.2) is 8.42 Å². The zero-order valence-corrected chi connectivity index (χ0v) is 9.14. The van der Waals surface area contributed by atoms with Crippen LogP contribution in [0.25, 0.3) is 0 Å². The number of benzene rings is 1. The Morgan fingerprint density at radius 1 is 1.21 bits per heavy atom. The molecule has 0 amide bonds. The number of hydrogen-bond donors (Lipinski definition) is 2. The summed E-state index contributed by atoms with van der Waals surface area (Å²) in [5.74, 6) is -0.138. The predicted octanol–water partition coefficient (Wildman–Crippen LogP) is 0.356. The molecule has 0 aliphatic heterocycles. The van der Waals surface area contributed by atoms with Gasteiger partial charge < -0.3 is 5.73 Å². The first-order chi connectivity index (χ1) is 6.01. The molecule has 0 bridgehead atoms. The highest BCUT2D eigenvalue weighted by Crippen LogP contribution is 2.06. The van der Waals surface area contributed by atoms with Gasteiger partial charge >= 0.3 is 0 Å². The quantitative estimate of drug-likeness (QED) is 0.794. The van der Waals surface area contributed by atoms with Gasteiger partial charge in [-0.15, -0.1) is 12.4 Å². The van der Waals surface area contributed by atoms with Gasteiger partial charge in [0.05, 0.1) is 5.75 Å². The molecule has 0 saturated heterocycles. The van der Waals surface area contributed by atoms with E-state index < -0.39 is 10.0 Å². The Labute approximate surface area is 89.8 Å². The van der Waals surface area contributed by atoms with Gasteiger partial charge in [-0.3, -0.25) is 0 Å². The summed E-state index contributed by atoms with van der Waals surface area (Å²) in [6, 6.07) is 7.06. The van der Waals surface area contributed by atoms with Crippen molar-refractivity contribution >= 4 is 22.4 Å². The molecule has 0 atom stereocenters. The molecule has 14 heavy (non-hydrogen) atoms. The average Bonchev–Trinajstić information content (AvgIpc) is 2.01. The number of nitrogens with two attached hydrogens (primary N) is 2. The van der Waals surface area contributed by atoms with E-state index in [0.29, 0.717) is 12.1 Å². The lowest BCUT2D eigenvalue weighted by atomic mass is 10.1. The first-order valence-corrected chi connectivity index (χ1v) is 5.51. The maximum absolute atomic E-state index is 10.7. The van der Waals surface area contributed by atoms with E-state index in [2.05, 4.69) is 0 Å². The van der Waals surface area contributed by atoms with E-state index in [1.807, 2.05) is 6.07 Å². The summed E-state index contributed by atoms with van der Waals surface area (Å²) in [4.78, 5) is 0. The molecule has 1 aromatic carbocycles. The third-order valence-electron chi connectivity index (χ3n) is 1.59. The maximum atomic E-state index is 10.7. The molecule has 4 nitrogen and oxygen atoms in total. The molecule has 0 aromatic heterocycles. The Kier molecular flexibility index (Phi) is 5.07. The Bertz CT molecular complexity index is 392. The van der Waals surface area contributed by atoms with Crippen LogP contribution in [0.15, 0.2) is 24.3 Å². The number of halogens is 1. The highest BCUT2D eigenvalue weighted by molar-refractivity contribution is 7.88. The monoisotopic (exact) mass is 236 g/mol. The van der Waals surface area contributed by atoms with Crippen LogP contribution in [0.1, 0.15) is 11.1 Å². The van der Waals surface area contributed by atoms with E-state index in [-0.39, 0.29) is 18.2 Å². The molecular weight excluding hydrogens is 224 g/mol. The summed E-state index contributed by atoms with van der Waals surface area (Å²) in [5.41, 5.74) is 6.98. The molecule has 0 saturated carbocycles. The minimum absolute atomic E-state index is 0. The van der Waals surface area contributed by atoms with Gasteiger partial charge in [0.25, 0.3) is 0 Å². The van der Waals surface area contributed by atoms with Gasteiger partial charge in [-0.05, 0) is 11.1 Å². The van der Waals surface area contributed by atoms with Crippen molar-refractivity contribution in [1.82, 2.24) is 0 Å². The van der Waals surface area contributed by atoms with Gasteiger partial charge in [0.15, 0.2) is 0 Å². The topological polar surface area (TPSA) is 86.2 Å². The van der Waals surface area contributed by atoms with Crippen LogP contribution in [-0.2, 0) is 22.3 Å². The molecule has 0 fully saturated rings. The highest BCUT2D eigenvalue weighted by atomic mass is 35.5. The Balaban J connectivity index is 0.00000169. The van der Waals surface area contributed by atoms with Gasteiger partial charge in [0, 0.05) is 6.54 Å². The summed E-state index contributed by atoms with van der Waals surface area (Å²) in [7, 11) is -3.44. The summed E-state index contributed by atoms with van der Waals surface area (Å²) in [6.45, 7) is 0.401. The highest BCUT2D eigenvalue weighted by Gasteiger charge is 2.04. The van der Waals surface area contributed by atoms with Gasteiger partial charge in [0.2, 0.25) is 10.0 Å². The van der Waals surface area contributed by atoms with E-state index >= 15 is 0 Å². The summed E-state index contributed by atoms with van der Waals surface area (Å²) < 4.78 is 21.5. The third-order valence-corrected chi connectivity index (χ3v) is 2.33. The summed E-state index contributed by atoms with van der Waals surface area (Å²) in [6.07, 6.45) is 0. The second-order valence-corrected chi connectivity index (χ2v) is 4.45. The minimum atomic E-state index is -3.44. The summed E-state index contributed by atoms with van der Waals surface area (Å²) in [5, 5.41) is 4.90. The predicted molar refractivity (Wildman–Crippen MR) is 58.4 cm³/mol. The van der Waals surface area contributed by atoms with Crippen molar-refractivity contribution in [2.24, 2.45) is 10.9 Å². The van der Waals surface area contributed by atoms with Crippen molar-refractivity contribution in [3.05, 3.63) is 35.4 Å². The number of hydrogen-bond acceptors (Lipinski definition) is 3. The first kappa shape index (κ1) is 13.4. The Morgan fingerprint density at radius 2 is 1.79 bits per heavy atom. The zero-order valence-electron chi connectivity index (χ0n) is 7.51. The van der Waals surface area contributed by atoms with Crippen LogP contribution < -0.4 is 10.9 Å². The van der Waals surface area contributed by atoms with Crippen LogP contribution >= 0.6 is 12.4 Å². The van der Waals surface area contributed by atoms with E-state index in [1.54, 1.807) is 18.2 Å². The lowest BCUT2D eigenvalue weighted by molar-refractivity contribution is 0.597. The molecule has 0 unspecified atom stereocenters. The Morgan fingerprint density at radius 3 is 2.29 bits per heavy atom.